The molecule has 1 aromatic carbocycles. The molecule has 4 heterocycles. The van der Waals surface area contributed by atoms with Gasteiger partial charge in [-0.05, 0) is 82.2 Å². The van der Waals surface area contributed by atoms with Gasteiger partial charge in [0.05, 0.1) is 23.7 Å². The molecule has 286 valence electrons. The Morgan fingerprint density at radius 1 is 1.12 bits per heavy atom. The van der Waals surface area contributed by atoms with Gasteiger partial charge in [0.25, 0.3) is 0 Å². The fraction of sp³-hybridized carbons (Fsp3) is 0.585. The molecule has 7 nitrogen and oxygen atoms in total. The predicted octanol–water partition coefficient (Wildman–Crippen LogP) is 11.0. The number of nitrogen functional groups attached to an aromatic ring is 1. The van der Waals surface area contributed by atoms with Crippen LogP contribution in [-0.2, 0) is 18.0 Å². The van der Waals surface area contributed by atoms with Gasteiger partial charge in [-0.1, -0.05) is 66.0 Å². The monoisotopic (exact) mass is 740 g/mol. The zero-order valence-corrected chi connectivity index (χ0v) is 33.6. The zero-order valence-electron chi connectivity index (χ0n) is 32.8. The number of thiophene rings is 1. The van der Waals surface area contributed by atoms with Crippen LogP contribution in [0.25, 0.3) is 22.3 Å². The number of benzene rings is 1. The topological polar surface area (TPSA) is 91.3 Å². The Labute approximate surface area is 313 Å². The number of fused-ring (bicyclic) bond motifs is 3. The van der Waals surface area contributed by atoms with Gasteiger partial charge in [0.1, 0.15) is 29.1 Å². The third-order valence-corrected chi connectivity index (χ3v) is 11.1. The molecule has 0 radical (unpaired) electrons. The summed E-state index contributed by atoms with van der Waals surface area (Å²) < 4.78 is 49.8. The van der Waals surface area contributed by atoms with Gasteiger partial charge in [-0.15, -0.1) is 11.3 Å². The van der Waals surface area contributed by atoms with E-state index in [2.05, 4.69) is 48.5 Å². The average molecular weight is 741 g/mol. The highest BCUT2D eigenvalue weighted by Crippen LogP contribution is 2.47. The van der Waals surface area contributed by atoms with Gasteiger partial charge in [0, 0.05) is 41.8 Å². The van der Waals surface area contributed by atoms with Crippen molar-refractivity contribution < 1.29 is 17.9 Å². The summed E-state index contributed by atoms with van der Waals surface area (Å²) in [4.78, 5) is 13.9. The van der Waals surface area contributed by atoms with Crippen LogP contribution in [0.4, 0.5) is 24.1 Å². The molecule has 2 aliphatic heterocycles. The second kappa shape index (κ2) is 20.7. The summed E-state index contributed by atoms with van der Waals surface area (Å²) in [6.07, 6.45) is 9.48. The lowest BCUT2D eigenvalue weighted by molar-refractivity contribution is 0.134. The van der Waals surface area contributed by atoms with Crippen LogP contribution in [-0.4, -0.2) is 53.8 Å². The van der Waals surface area contributed by atoms with E-state index in [1.165, 1.54) is 25.3 Å². The molecule has 2 aromatic heterocycles. The van der Waals surface area contributed by atoms with Crippen LogP contribution in [0.1, 0.15) is 134 Å². The summed E-state index contributed by atoms with van der Waals surface area (Å²) in [7, 11) is 0. The summed E-state index contributed by atoms with van der Waals surface area (Å²) in [5, 5.41) is 10.8. The highest BCUT2D eigenvalue weighted by atomic mass is 32.1. The third kappa shape index (κ3) is 9.36. The number of nitrogens with zero attached hydrogens (tertiary/aromatic N) is 5. The fourth-order valence-corrected chi connectivity index (χ4v) is 7.85. The van der Waals surface area contributed by atoms with Gasteiger partial charge >= 0.3 is 0 Å². The number of alkyl halides is 1. The van der Waals surface area contributed by atoms with Gasteiger partial charge in [-0.2, -0.15) is 5.26 Å². The van der Waals surface area contributed by atoms with Gasteiger partial charge in [0.2, 0.25) is 5.95 Å². The molecule has 0 saturated carbocycles. The second-order valence-corrected chi connectivity index (χ2v) is 14.4. The number of unbranched alkanes of at least 4 members (excludes halogenated alkanes) is 2. The molecule has 2 aliphatic rings. The van der Waals surface area contributed by atoms with Crippen LogP contribution in [0.5, 0.6) is 0 Å². The number of aromatic nitrogens is 2. The minimum Gasteiger partial charge on any atom is -0.389 e. The van der Waals surface area contributed by atoms with Gasteiger partial charge in [-0.25, -0.2) is 23.1 Å². The van der Waals surface area contributed by atoms with Crippen molar-refractivity contribution in [1.82, 2.24) is 14.9 Å². The standard InChI is InChI=1S/C29H31F2N5OS.C10H22FN.C2H6/c1-6-14(3)22(24-17(10-32)28(33)38-27(24)21(30)7-2)23-20-13-37-12-19(20)18-11-34-29(35-26(18)25(23)31)36-9-8-15(4)16(36)5;1-3-5-6-9-12(8-4-2)10-7-11;1-2/h7,11,15-16H,6,8-9,12-13,33H2,1-5H3;3-10H2,1-2H3;1-2H3/b21-7+,22-14+;;. The minimum atomic E-state index is -0.518. The quantitative estimate of drug-likeness (QED) is 0.174. The maximum absolute atomic E-state index is 16.8. The van der Waals surface area contributed by atoms with Crippen molar-refractivity contribution in [3.05, 3.63) is 56.4 Å². The average Bonchev–Trinajstić information content (AvgIpc) is 3.87. The molecule has 2 unspecified atom stereocenters. The van der Waals surface area contributed by atoms with E-state index in [0.29, 0.717) is 59.1 Å². The van der Waals surface area contributed by atoms with Crippen molar-refractivity contribution in [3.8, 4) is 6.07 Å². The highest BCUT2D eigenvalue weighted by Gasteiger charge is 2.34. The number of hydrogen-bond acceptors (Lipinski definition) is 8. The number of nitrogens with two attached hydrogens (primary N) is 1. The van der Waals surface area contributed by atoms with Crippen LogP contribution < -0.4 is 10.6 Å². The Hall–Kier alpha value is -3.46. The highest BCUT2D eigenvalue weighted by molar-refractivity contribution is 7.17. The molecule has 52 heavy (non-hydrogen) atoms. The van der Waals surface area contributed by atoms with Crippen molar-refractivity contribution >= 4 is 44.6 Å². The van der Waals surface area contributed by atoms with E-state index in [9.17, 15) is 9.65 Å². The Morgan fingerprint density at radius 3 is 2.40 bits per heavy atom. The van der Waals surface area contributed by atoms with Crippen LogP contribution in [0.15, 0.2) is 17.8 Å². The first-order chi connectivity index (χ1) is 25.1. The number of anilines is 2. The summed E-state index contributed by atoms with van der Waals surface area (Å²) >= 11 is 1.00. The molecule has 5 rings (SSSR count). The Kier molecular flexibility index (Phi) is 17.1. The smallest absolute Gasteiger partial charge is 0.226 e. The molecule has 1 fully saturated rings. The fourth-order valence-electron chi connectivity index (χ4n) is 6.86. The Bertz CT molecular complexity index is 1740. The first-order valence-electron chi connectivity index (χ1n) is 19.1. The van der Waals surface area contributed by atoms with Gasteiger partial charge < -0.3 is 20.3 Å². The van der Waals surface area contributed by atoms with Crippen LogP contribution in [0, 0.1) is 23.1 Å². The van der Waals surface area contributed by atoms with E-state index in [4.69, 9.17) is 15.5 Å². The van der Waals surface area contributed by atoms with Crippen molar-refractivity contribution in [3.63, 3.8) is 0 Å². The first-order valence-corrected chi connectivity index (χ1v) is 19.9. The number of halogens is 3. The SMILES string of the molecule is C/C=C(/F)c1sc(N)c(C#N)c1/C(=C(\C)CC)c1c2c(c3cnc(N4CCC(C)C4C)nc3c1F)COC2.CC.CCCCCN(CCC)CCF. The Balaban J connectivity index is 0.000000445. The zero-order chi connectivity index (χ0) is 38.5. The van der Waals surface area contributed by atoms with Crippen molar-refractivity contribution in [2.24, 2.45) is 5.92 Å². The molecule has 1 saturated heterocycles. The molecule has 0 aliphatic carbocycles. The molecule has 0 spiro atoms. The van der Waals surface area contributed by atoms with E-state index in [0.717, 1.165) is 54.9 Å². The molecule has 0 bridgehead atoms. The van der Waals surface area contributed by atoms with Crippen LogP contribution >= 0.6 is 11.3 Å². The van der Waals surface area contributed by atoms with E-state index in [-0.39, 0.29) is 40.3 Å². The lowest BCUT2D eigenvalue weighted by Crippen LogP contribution is -2.30. The summed E-state index contributed by atoms with van der Waals surface area (Å²) in [5.41, 5.74) is 9.97. The first kappa shape index (κ1) is 42.9. The maximum Gasteiger partial charge on any atom is 0.226 e. The molecule has 2 atom stereocenters. The van der Waals surface area contributed by atoms with Crippen molar-refractivity contribution in [2.45, 2.75) is 120 Å². The van der Waals surface area contributed by atoms with Gasteiger partial charge in [0.15, 0.2) is 5.82 Å². The number of nitriles is 1. The van der Waals surface area contributed by atoms with E-state index >= 15 is 8.78 Å². The summed E-state index contributed by atoms with van der Waals surface area (Å²) in [6, 6.07) is 2.38. The summed E-state index contributed by atoms with van der Waals surface area (Å²) in [6.45, 7) is 21.9. The van der Waals surface area contributed by atoms with Gasteiger partial charge in [-0.3, -0.25) is 0 Å². The molecule has 11 heteroatoms. The van der Waals surface area contributed by atoms with Crippen molar-refractivity contribution in [2.75, 3.05) is 43.5 Å². The number of hydrogen-bond donors (Lipinski definition) is 1. The molecule has 3 aromatic rings. The molecular formula is C41H59F3N6OS. The van der Waals surface area contributed by atoms with Crippen molar-refractivity contribution in [1.29, 1.82) is 5.26 Å². The Morgan fingerprint density at radius 2 is 1.83 bits per heavy atom. The van der Waals surface area contributed by atoms with E-state index in [1.807, 2.05) is 27.7 Å². The maximum atomic E-state index is 16.8. The van der Waals surface area contributed by atoms with E-state index in [1.54, 1.807) is 13.1 Å². The summed E-state index contributed by atoms with van der Waals surface area (Å²) in [5.74, 6) is -0.0428. The number of rotatable bonds is 13. The second-order valence-electron chi connectivity index (χ2n) is 13.3. The number of ether oxygens (including phenoxy) is 1. The third-order valence-electron chi connectivity index (χ3n) is 10.1. The normalized spacial score (nSPS) is 17.4. The minimum absolute atomic E-state index is 0.153. The van der Waals surface area contributed by atoms with Crippen LogP contribution in [0.2, 0.25) is 0 Å². The molecular weight excluding hydrogens is 682 g/mol. The largest absolute Gasteiger partial charge is 0.389 e. The molecule has 2 N–H and O–H groups in total. The lowest BCUT2D eigenvalue weighted by atomic mass is 9.85. The molecule has 0 amide bonds. The predicted molar refractivity (Wildman–Crippen MR) is 212 cm³/mol. The van der Waals surface area contributed by atoms with E-state index < -0.39 is 11.6 Å². The lowest BCUT2D eigenvalue weighted by Gasteiger charge is -2.24. The van der Waals surface area contributed by atoms with Crippen LogP contribution in [0.3, 0.4) is 0 Å². The number of allylic oxidation sites excluding steroid dienone is 2.